The largest absolute Gasteiger partial charge is 0.340 e. The molecule has 140 valence electrons. The van der Waals surface area contributed by atoms with E-state index in [1.807, 2.05) is 6.07 Å². The summed E-state index contributed by atoms with van der Waals surface area (Å²) in [6, 6.07) is 10.3. The number of nitrogens with zero attached hydrogens (tertiary/aromatic N) is 2. The van der Waals surface area contributed by atoms with Gasteiger partial charge in [0, 0.05) is 0 Å². The lowest BCUT2D eigenvalue weighted by Crippen LogP contribution is -2.21. The summed E-state index contributed by atoms with van der Waals surface area (Å²) >= 11 is 0. The van der Waals surface area contributed by atoms with Crippen molar-refractivity contribution in [1.29, 1.82) is 0 Å². The van der Waals surface area contributed by atoms with Crippen LogP contribution in [0.2, 0.25) is 0 Å². The van der Waals surface area contributed by atoms with Gasteiger partial charge in [-0.05, 0) is 24.3 Å². The van der Waals surface area contributed by atoms with Gasteiger partial charge in [-0.2, -0.15) is 0 Å². The van der Waals surface area contributed by atoms with E-state index in [2.05, 4.69) is 30.6 Å². The summed E-state index contributed by atoms with van der Waals surface area (Å²) in [7, 11) is 0. The van der Waals surface area contributed by atoms with Crippen LogP contribution in [0.25, 0.3) is 11.0 Å². The number of nitrogens with one attached hydrogen (secondary N) is 4. The molecule has 8 nitrogen and oxygen atoms in total. The van der Waals surface area contributed by atoms with Crippen LogP contribution in [0.4, 0.5) is 20.4 Å². The Bertz CT molecular complexity index is 1150. The molecule has 4 aromatic rings. The van der Waals surface area contributed by atoms with Gasteiger partial charge >= 0.3 is 0 Å². The second kappa shape index (κ2) is 6.91. The predicted molar refractivity (Wildman–Crippen MR) is 96.9 cm³/mol. The lowest BCUT2D eigenvalue weighted by atomic mass is 10.2. The highest BCUT2D eigenvalue weighted by Crippen LogP contribution is 2.20. The average molecular weight is 382 g/mol. The summed E-state index contributed by atoms with van der Waals surface area (Å²) in [5.74, 6) is -3.36. The van der Waals surface area contributed by atoms with Crippen LogP contribution in [0.1, 0.15) is 21.0 Å². The van der Waals surface area contributed by atoms with Gasteiger partial charge in [-0.1, -0.05) is 18.2 Å². The van der Waals surface area contributed by atoms with Crippen molar-refractivity contribution in [3.8, 4) is 0 Å². The number of aromatic nitrogens is 4. The lowest BCUT2D eigenvalue weighted by Gasteiger charge is -2.07. The summed E-state index contributed by atoms with van der Waals surface area (Å²) in [5.41, 5.74) is 0.232. The predicted octanol–water partition coefficient (Wildman–Crippen LogP) is 3.07. The molecule has 2 aromatic heterocycles. The molecule has 4 N–H and O–H groups in total. The first-order valence-electron chi connectivity index (χ1n) is 8.08. The Balaban J connectivity index is 1.56. The number of hydrogen-bond donors (Lipinski definition) is 4. The Morgan fingerprint density at radius 1 is 0.929 bits per heavy atom. The number of benzene rings is 2. The highest BCUT2D eigenvalue weighted by molar-refractivity contribution is 6.13. The van der Waals surface area contributed by atoms with E-state index in [4.69, 9.17) is 0 Å². The van der Waals surface area contributed by atoms with Crippen LogP contribution < -0.4 is 10.6 Å². The SMILES string of the molecule is O=C(Nc1c(F)cccc1F)c1nc[nH]c1C(=O)Nc1nc2ccccc2[nH]1. The number of carbonyl (C=O) groups is 2. The number of imidazole rings is 2. The molecule has 0 spiro atoms. The van der Waals surface area contributed by atoms with Gasteiger partial charge in [0.25, 0.3) is 11.8 Å². The molecule has 28 heavy (non-hydrogen) atoms. The molecule has 0 fully saturated rings. The third-order valence-corrected chi connectivity index (χ3v) is 3.90. The normalized spacial score (nSPS) is 10.8. The molecule has 0 aliphatic heterocycles. The van der Waals surface area contributed by atoms with Gasteiger partial charge in [0.1, 0.15) is 23.0 Å². The number of halogens is 2. The monoisotopic (exact) mass is 382 g/mol. The Kier molecular flexibility index (Phi) is 4.28. The number of aromatic amines is 2. The first kappa shape index (κ1) is 17.3. The second-order valence-corrected chi connectivity index (χ2v) is 5.73. The summed E-state index contributed by atoms with van der Waals surface area (Å²) in [6.45, 7) is 0. The number of rotatable bonds is 4. The number of amides is 2. The van der Waals surface area contributed by atoms with Crippen molar-refractivity contribution in [3.05, 3.63) is 71.8 Å². The maximum absolute atomic E-state index is 13.7. The topological polar surface area (TPSA) is 116 Å². The Hall–Kier alpha value is -4.08. The van der Waals surface area contributed by atoms with Crippen molar-refractivity contribution in [1.82, 2.24) is 19.9 Å². The molecule has 0 unspecified atom stereocenters. The molecule has 0 saturated heterocycles. The summed E-state index contributed by atoms with van der Waals surface area (Å²) < 4.78 is 27.5. The molecule has 0 atom stereocenters. The van der Waals surface area contributed by atoms with Crippen LogP contribution >= 0.6 is 0 Å². The van der Waals surface area contributed by atoms with Crippen molar-refractivity contribution in [2.24, 2.45) is 0 Å². The van der Waals surface area contributed by atoms with Crippen LogP contribution in [0, 0.1) is 11.6 Å². The van der Waals surface area contributed by atoms with E-state index in [9.17, 15) is 18.4 Å². The molecule has 2 amide bonds. The standard InChI is InChI=1S/C18H12F2N6O2/c19-9-4-3-5-10(20)13(9)25-16(27)14-15(22-8-21-14)17(28)26-18-23-11-6-1-2-7-12(11)24-18/h1-8H,(H,21,22)(H,25,27)(H2,23,24,26,28). The zero-order chi connectivity index (χ0) is 19.7. The fraction of sp³-hybridized carbons (Fsp3) is 0. The van der Waals surface area contributed by atoms with E-state index in [1.165, 1.54) is 6.07 Å². The van der Waals surface area contributed by atoms with Gasteiger partial charge in [0.15, 0.2) is 5.69 Å². The van der Waals surface area contributed by atoms with E-state index in [-0.39, 0.29) is 17.3 Å². The maximum Gasteiger partial charge on any atom is 0.276 e. The lowest BCUT2D eigenvalue weighted by molar-refractivity contribution is 0.0984. The highest BCUT2D eigenvalue weighted by Gasteiger charge is 2.23. The van der Waals surface area contributed by atoms with Crippen molar-refractivity contribution < 1.29 is 18.4 Å². The van der Waals surface area contributed by atoms with Crippen molar-refractivity contribution in [2.75, 3.05) is 10.6 Å². The van der Waals surface area contributed by atoms with Crippen molar-refractivity contribution in [2.45, 2.75) is 0 Å². The Labute approximate surface area is 156 Å². The quantitative estimate of drug-likeness (QED) is 0.434. The Morgan fingerprint density at radius 3 is 2.43 bits per heavy atom. The third-order valence-electron chi connectivity index (χ3n) is 3.90. The first-order chi connectivity index (χ1) is 13.5. The molecule has 0 aliphatic rings. The molecular formula is C18H12F2N6O2. The van der Waals surface area contributed by atoms with E-state index in [1.54, 1.807) is 18.2 Å². The minimum absolute atomic E-state index is 0.173. The zero-order valence-corrected chi connectivity index (χ0v) is 14.1. The van der Waals surface area contributed by atoms with Gasteiger partial charge in [0.2, 0.25) is 5.95 Å². The summed E-state index contributed by atoms with van der Waals surface area (Å²) in [6.07, 6.45) is 1.13. The number of para-hydroxylation sites is 3. The van der Waals surface area contributed by atoms with Gasteiger partial charge in [0.05, 0.1) is 17.4 Å². The van der Waals surface area contributed by atoms with Crippen LogP contribution in [0.3, 0.4) is 0 Å². The van der Waals surface area contributed by atoms with Gasteiger partial charge in [-0.25, -0.2) is 18.7 Å². The van der Waals surface area contributed by atoms with E-state index in [0.717, 1.165) is 24.0 Å². The number of hydrogen-bond acceptors (Lipinski definition) is 4. The van der Waals surface area contributed by atoms with Crippen molar-refractivity contribution >= 4 is 34.5 Å². The number of carbonyl (C=O) groups excluding carboxylic acids is 2. The molecule has 2 aromatic carbocycles. The molecule has 2 heterocycles. The molecule has 0 saturated carbocycles. The van der Waals surface area contributed by atoms with Gasteiger partial charge in [-0.15, -0.1) is 0 Å². The fourth-order valence-electron chi connectivity index (χ4n) is 2.61. The third kappa shape index (κ3) is 3.18. The van der Waals surface area contributed by atoms with E-state index < -0.39 is 29.1 Å². The maximum atomic E-state index is 13.7. The Morgan fingerprint density at radius 2 is 1.68 bits per heavy atom. The minimum atomic E-state index is -0.947. The number of anilines is 2. The zero-order valence-electron chi connectivity index (χ0n) is 14.1. The summed E-state index contributed by atoms with van der Waals surface area (Å²) in [4.78, 5) is 38.3. The van der Waals surface area contributed by atoms with Crippen LogP contribution in [-0.4, -0.2) is 31.8 Å². The highest BCUT2D eigenvalue weighted by atomic mass is 19.1. The molecule has 0 aliphatic carbocycles. The fourth-order valence-corrected chi connectivity index (χ4v) is 2.61. The number of fused-ring (bicyclic) bond motifs is 1. The average Bonchev–Trinajstić information content (AvgIpc) is 3.31. The van der Waals surface area contributed by atoms with E-state index >= 15 is 0 Å². The first-order valence-corrected chi connectivity index (χ1v) is 8.08. The van der Waals surface area contributed by atoms with Crippen LogP contribution in [0.5, 0.6) is 0 Å². The molecule has 10 heteroatoms. The molecule has 0 radical (unpaired) electrons. The van der Waals surface area contributed by atoms with Gasteiger partial charge < -0.3 is 15.3 Å². The van der Waals surface area contributed by atoms with Gasteiger partial charge in [-0.3, -0.25) is 14.9 Å². The van der Waals surface area contributed by atoms with Crippen LogP contribution in [-0.2, 0) is 0 Å². The van der Waals surface area contributed by atoms with E-state index in [0.29, 0.717) is 5.52 Å². The molecule has 0 bridgehead atoms. The number of H-pyrrole nitrogens is 2. The van der Waals surface area contributed by atoms with Crippen LogP contribution in [0.15, 0.2) is 48.8 Å². The second-order valence-electron chi connectivity index (χ2n) is 5.73. The molecule has 4 rings (SSSR count). The molecular weight excluding hydrogens is 370 g/mol. The summed E-state index contributed by atoms with van der Waals surface area (Å²) in [5, 5.41) is 4.60. The van der Waals surface area contributed by atoms with Crippen molar-refractivity contribution in [3.63, 3.8) is 0 Å². The smallest absolute Gasteiger partial charge is 0.276 e. The minimum Gasteiger partial charge on any atom is -0.340 e.